The number of nitrogens with one attached hydrogen (secondary N) is 2. The van der Waals surface area contributed by atoms with Crippen LogP contribution in [-0.4, -0.2) is 35.4 Å². The summed E-state index contributed by atoms with van der Waals surface area (Å²) >= 11 is 0. The smallest absolute Gasteiger partial charge is 0.347 e. The number of hydrogen-bond donors (Lipinski definition) is 3. The molecule has 33 heavy (non-hydrogen) atoms. The van der Waals surface area contributed by atoms with Crippen molar-refractivity contribution in [1.82, 2.24) is 4.98 Å². The van der Waals surface area contributed by atoms with Crippen LogP contribution in [0.1, 0.15) is 47.5 Å². The number of allylic oxidation sites excluding steroid dienone is 1. The second kappa shape index (κ2) is 9.60. The van der Waals surface area contributed by atoms with Gasteiger partial charge in [0.1, 0.15) is 0 Å². The number of carbonyl (C=O) groups excluding carboxylic acids is 1. The number of carbonyl (C=O) groups is 1. The molecule has 0 saturated heterocycles. The van der Waals surface area contributed by atoms with Crippen molar-refractivity contribution in [2.75, 3.05) is 23.8 Å². The zero-order valence-electron chi connectivity index (χ0n) is 18.8. The summed E-state index contributed by atoms with van der Waals surface area (Å²) in [5, 5.41) is 17.3. The van der Waals surface area contributed by atoms with Crippen molar-refractivity contribution >= 4 is 46.9 Å². The number of aromatic hydroxyl groups is 1. The van der Waals surface area contributed by atoms with Gasteiger partial charge in [0.05, 0.1) is 6.61 Å². The minimum absolute atomic E-state index is 0.0577. The van der Waals surface area contributed by atoms with E-state index in [-0.39, 0.29) is 29.6 Å². The molecule has 0 radical (unpaired) electrons. The highest BCUT2D eigenvalue weighted by molar-refractivity contribution is 6.21. The highest BCUT2D eigenvalue weighted by Gasteiger charge is 2.27. The number of anilines is 3. The number of nitrogens with zero attached hydrogens (tertiary/aromatic N) is 2. The van der Waals surface area contributed by atoms with Gasteiger partial charge >= 0.3 is 5.97 Å². The van der Waals surface area contributed by atoms with Crippen LogP contribution in [0.2, 0.25) is 0 Å². The fourth-order valence-electron chi connectivity index (χ4n) is 3.51. The highest BCUT2D eigenvalue weighted by atomic mass is 16.5. The van der Waals surface area contributed by atoms with Crippen molar-refractivity contribution in [3.05, 3.63) is 59.0 Å². The first kappa shape index (κ1) is 22.1. The van der Waals surface area contributed by atoms with Gasteiger partial charge in [-0.1, -0.05) is 6.92 Å². The lowest BCUT2D eigenvalue weighted by Crippen LogP contribution is -2.07. The molecule has 170 valence electrons. The Hall–Kier alpha value is -4.07. The van der Waals surface area contributed by atoms with Crippen LogP contribution in [0, 0.1) is 6.92 Å². The molecule has 1 aromatic carbocycles. The normalized spacial score (nSPS) is 13.2. The summed E-state index contributed by atoms with van der Waals surface area (Å²) in [6.45, 7) is 6.81. The number of ether oxygens (including phenoxy) is 1. The SMILES string of the molecule is CCCNc1ccc(Nc2oc(C=C3C=Nc4ncccc43)c(O)c2C(=O)OCC)c(C)c1. The van der Waals surface area contributed by atoms with Crippen molar-refractivity contribution < 1.29 is 19.1 Å². The van der Waals surface area contributed by atoms with E-state index in [9.17, 15) is 9.90 Å². The third-order valence-corrected chi connectivity index (χ3v) is 5.15. The second-order valence-corrected chi connectivity index (χ2v) is 7.55. The van der Waals surface area contributed by atoms with Crippen LogP contribution in [0.25, 0.3) is 11.6 Å². The summed E-state index contributed by atoms with van der Waals surface area (Å²) in [5.74, 6) is -0.153. The van der Waals surface area contributed by atoms with Gasteiger partial charge in [0.25, 0.3) is 0 Å². The van der Waals surface area contributed by atoms with Crippen molar-refractivity contribution in [2.45, 2.75) is 27.2 Å². The minimum atomic E-state index is -0.674. The molecule has 0 atom stereocenters. The fraction of sp³-hybridized carbons (Fsp3) is 0.240. The third-order valence-electron chi connectivity index (χ3n) is 5.15. The largest absolute Gasteiger partial charge is 0.504 e. The molecule has 1 aliphatic heterocycles. The van der Waals surface area contributed by atoms with E-state index in [0.717, 1.165) is 35.5 Å². The van der Waals surface area contributed by atoms with E-state index in [1.165, 1.54) is 0 Å². The maximum atomic E-state index is 12.6. The Balaban J connectivity index is 1.70. The maximum Gasteiger partial charge on any atom is 0.347 e. The number of esters is 1. The Kier molecular flexibility index (Phi) is 6.44. The van der Waals surface area contributed by atoms with E-state index >= 15 is 0 Å². The van der Waals surface area contributed by atoms with Crippen molar-refractivity contribution in [3.63, 3.8) is 0 Å². The van der Waals surface area contributed by atoms with Crippen LogP contribution in [-0.2, 0) is 4.74 Å². The van der Waals surface area contributed by atoms with E-state index in [2.05, 4.69) is 27.5 Å². The lowest BCUT2D eigenvalue weighted by Gasteiger charge is -2.11. The van der Waals surface area contributed by atoms with Gasteiger partial charge in [-0.3, -0.25) is 0 Å². The lowest BCUT2D eigenvalue weighted by atomic mass is 10.1. The number of aliphatic imine (C=N–C) groups is 1. The maximum absolute atomic E-state index is 12.6. The average molecular weight is 447 g/mol. The summed E-state index contributed by atoms with van der Waals surface area (Å²) in [7, 11) is 0. The zero-order valence-corrected chi connectivity index (χ0v) is 18.8. The Labute approximate surface area is 192 Å². The van der Waals surface area contributed by atoms with Gasteiger partial charge in [-0.15, -0.1) is 0 Å². The Bertz CT molecular complexity index is 1240. The minimum Gasteiger partial charge on any atom is -0.504 e. The number of aryl methyl sites for hydroxylation is 1. The number of pyridine rings is 1. The standard InChI is InChI=1S/C25H26N4O4/c1-4-10-26-17-8-9-19(15(3)12-17)29-24-21(25(31)32-5-2)22(30)20(33-24)13-16-14-28-23-18(16)7-6-11-27-23/h6-9,11-14,26,29-30H,4-5,10H2,1-3H3. The number of fused-ring (bicyclic) bond motifs is 1. The van der Waals surface area contributed by atoms with Crippen LogP contribution < -0.4 is 10.6 Å². The number of hydrogen-bond acceptors (Lipinski definition) is 8. The molecule has 3 aromatic rings. The predicted molar refractivity (Wildman–Crippen MR) is 130 cm³/mol. The molecule has 3 N–H and O–H groups in total. The lowest BCUT2D eigenvalue weighted by molar-refractivity contribution is 0.0524. The Morgan fingerprint density at radius 3 is 2.88 bits per heavy atom. The van der Waals surface area contributed by atoms with Crippen molar-refractivity contribution in [3.8, 4) is 5.75 Å². The van der Waals surface area contributed by atoms with Gasteiger partial charge in [-0.2, -0.15) is 0 Å². The first-order chi connectivity index (χ1) is 16.0. The van der Waals surface area contributed by atoms with Crippen LogP contribution in [0.15, 0.2) is 45.9 Å². The number of aromatic nitrogens is 1. The van der Waals surface area contributed by atoms with Crippen LogP contribution in [0.3, 0.4) is 0 Å². The quantitative estimate of drug-likeness (QED) is 0.382. The van der Waals surface area contributed by atoms with E-state index in [1.54, 1.807) is 25.4 Å². The van der Waals surface area contributed by atoms with Gasteiger partial charge < -0.3 is 24.9 Å². The van der Waals surface area contributed by atoms with Gasteiger partial charge in [0, 0.05) is 41.5 Å². The summed E-state index contributed by atoms with van der Waals surface area (Å²) in [5.41, 5.74) is 4.17. The zero-order chi connectivity index (χ0) is 23.4. The Morgan fingerprint density at radius 1 is 1.27 bits per heavy atom. The van der Waals surface area contributed by atoms with Gasteiger partial charge in [-0.05, 0) is 62.2 Å². The summed E-state index contributed by atoms with van der Waals surface area (Å²) in [4.78, 5) is 21.1. The molecule has 0 fully saturated rings. The van der Waals surface area contributed by atoms with Gasteiger partial charge in [0.2, 0.25) is 5.88 Å². The molecule has 0 unspecified atom stereocenters. The second-order valence-electron chi connectivity index (χ2n) is 7.55. The average Bonchev–Trinajstić information content (AvgIpc) is 3.35. The topological polar surface area (TPSA) is 109 Å². The molecule has 4 rings (SSSR count). The number of furan rings is 1. The molecule has 0 aliphatic carbocycles. The van der Waals surface area contributed by atoms with Crippen LogP contribution in [0.4, 0.5) is 23.1 Å². The molecule has 1 aliphatic rings. The molecule has 2 aromatic heterocycles. The summed E-state index contributed by atoms with van der Waals surface area (Å²) < 4.78 is 11.1. The van der Waals surface area contributed by atoms with Crippen LogP contribution in [0.5, 0.6) is 5.75 Å². The van der Waals surface area contributed by atoms with Gasteiger partial charge in [-0.25, -0.2) is 14.8 Å². The third kappa shape index (κ3) is 4.59. The summed E-state index contributed by atoms with van der Waals surface area (Å²) in [6, 6.07) is 9.53. The molecule has 0 saturated carbocycles. The van der Waals surface area contributed by atoms with Gasteiger partial charge in [0.15, 0.2) is 22.9 Å². The predicted octanol–water partition coefficient (Wildman–Crippen LogP) is 5.69. The fourth-order valence-corrected chi connectivity index (χ4v) is 3.51. The summed E-state index contributed by atoms with van der Waals surface area (Å²) in [6.07, 6.45) is 5.96. The van der Waals surface area contributed by atoms with Crippen LogP contribution >= 0.6 is 0 Å². The van der Waals surface area contributed by atoms with E-state index < -0.39 is 5.97 Å². The molecule has 0 spiro atoms. The van der Waals surface area contributed by atoms with Crippen molar-refractivity contribution in [2.24, 2.45) is 4.99 Å². The van der Waals surface area contributed by atoms with E-state index in [0.29, 0.717) is 11.4 Å². The molecule has 3 heterocycles. The van der Waals surface area contributed by atoms with E-state index in [4.69, 9.17) is 9.15 Å². The highest BCUT2D eigenvalue weighted by Crippen LogP contribution is 2.39. The molecular formula is C25H26N4O4. The first-order valence-corrected chi connectivity index (χ1v) is 10.9. The number of rotatable bonds is 8. The molecular weight excluding hydrogens is 420 g/mol. The molecule has 0 bridgehead atoms. The first-order valence-electron chi connectivity index (χ1n) is 10.9. The molecule has 8 nitrogen and oxygen atoms in total. The number of benzene rings is 1. The molecule has 0 amide bonds. The Morgan fingerprint density at radius 2 is 2.12 bits per heavy atom. The van der Waals surface area contributed by atoms with Crippen molar-refractivity contribution in [1.29, 1.82) is 0 Å². The molecule has 8 heteroatoms. The monoisotopic (exact) mass is 446 g/mol. The van der Waals surface area contributed by atoms with E-state index in [1.807, 2.05) is 37.3 Å².